The number of hydrogen-bond acceptors (Lipinski definition) is 3. The predicted molar refractivity (Wildman–Crippen MR) is 108 cm³/mol. The van der Waals surface area contributed by atoms with Gasteiger partial charge < -0.3 is 16.0 Å². The fraction of sp³-hybridized carbons (Fsp3) is 0.875. The van der Waals surface area contributed by atoms with Crippen LogP contribution < -0.4 is 11.1 Å². The number of hydrogen-bond donors (Lipinski definition) is 2. The fourth-order valence-electron chi connectivity index (χ4n) is 3.05. The Morgan fingerprint density at radius 1 is 1.42 bits per heavy atom. The molecule has 0 saturated carbocycles. The van der Waals surface area contributed by atoms with Crippen molar-refractivity contribution < 1.29 is 18.0 Å². The SMILES string of the molecule is CCNC(=NCCCN(C)CC(F)(F)F)N1CCCC(CC(N)=O)C1.I. The van der Waals surface area contributed by atoms with Crippen LogP contribution in [0.2, 0.25) is 0 Å². The molecule has 10 heteroatoms. The van der Waals surface area contributed by atoms with Crippen LogP contribution >= 0.6 is 24.0 Å². The van der Waals surface area contributed by atoms with Gasteiger partial charge in [0, 0.05) is 32.6 Å². The van der Waals surface area contributed by atoms with Crippen molar-refractivity contribution in [1.29, 1.82) is 0 Å². The van der Waals surface area contributed by atoms with Gasteiger partial charge in [-0.1, -0.05) is 0 Å². The first kappa shape index (κ1) is 25.2. The molecule has 1 saturated heterocycles. The maximum atomic E-state index is 12.3. The lowest BCUT2D eigenvalue weighted by Gasteiger charge is -2.34. The summed E-state index contributed by atoms with van der Waals surface area (Å²) in [6, 6.07) is 0. The molecule has 1 aliphatic heterocycles. The molecule has 26 heavy (non-hydrogen) atoms. The summed E-state index contributed by atoms with van der Waals surface area (Å²) < 4.78 is 36.9. The Balaban J connectivity index is 0.00000625. The number of halogens is 4. The summed E-state index contributed by atoms with van der Waals surface area (Å²) in [5.41, 5.74) is 5.29. The Kier molecular flexibility index (Phi) is 12.2. The summed E-state index contributed by atoms with van der Waals surface area (Å²) in [5.74, 6) is 0.699. The molecule has 1 unspecified atom stereocenters. The zero-order chi connectivity index (χ0) is 18.9. The summed E-state index contributed by atoms with van der Waals surface area (Å²) in [6.07, 6.45) is -1.30. The van der Waals surface area contributed by atoms with Gasteiger partial charge in [-0.15, -0.1) is 24.0 Å². The normalized spacial score (nSPS) is 18.6. The molecule has 3 N–H and O–H groups in total. The van der Waals surface area contributed by atoms with Gasteiger partial charge in [0.05, 0.1) is 6.54 Å². The lowest BCUT2D eigenvalue weighted by atomic mass is 9.95. The van der Waals surface area contributed by atoms with Crippen LogP contribution in [-0.2, 0) is 4.79 Å². The average Bonchev–Trinajstić information content (AvgIpc) is 2.48. The molecular weight excluding hydrogens is 462 g/mol. The van der Waals surface area contributed by atoms with Gasteiger partial charge in [-0.05, 0) is 45.7 Å². The van der Waals surface area contributed by atoms with E-state index >= 15 is 0 Å². The molecule has 0 bridgehead atoms. The Hall–Kier alpha value is -0.780. The van der Waals surface area contributed by atoms with Crippen molar-refractivity contribution in [2.24, 2.45) is 16.6 Å². The minimum Gasteiger partial charge on any atom is -0.370 e. The molecule has 1 atom stereocenters. The second kappa shape index (κ2) is 12.6. The van der Waals surface area contributed by atoms with E-state index in [0.29, 0.717) is 32.5 Å². The number of primary amides is 1. The highest BCUT2D eigenvalue weighted by Gasteiger charge is 2.28. The maximum Gasteiger partial charge on any atom is 0.401 e. The van der Waals surface area contributed by atoms with Gasteiger partial charge in [0.25, 0.3) is 0 Å². The lowest BCUT2D eigenvalue weighted by molar-refractivity contribution is -0.143. The van der Waals surface area contributed by atoms with Gasteiger partial charge in [0.15, 0.2) is 5.96 Å². The lowest BCUT2D eigenvalue weighted by Crippen LogP contribution is -2.47. The molecule has 154 valence electrons. The van der Waals surface area contributed by atoms with E-state index in [4.69, 9.17) is 5.73 Å². The van der Waals surface area contributed by atoms with Gasteiger partial charge in [0.1, 0.15) is 0 Å². The number of guanidine groups is 1. The van der Waals surface area contributed by atoms with Gasteiger partial charge in [-0.3, -0.25) is 14.7 Å². The zero-order valence-electron chi connectivity index (χ0n) is 15.5. The number of rotatable bonds is 8. The van der Waals surface area contributed by atoms with Crippen LogP contribution in [-0.4, -0.2) is 74.2 Å². The van der Waals surface area contributed by atoms with E-state index in [1.54, 1.807) is 0 Å². The average molecular weight is 493 g/mol. The molecule has 0 spiro atoms. The molecule has 6 nitrogen and oxygen atoms in total. The van der Waals surface area contributed by atoms with Crippen LogP contribution in [0, 0.1) is 5.92 Å². The first-order valence-corrected chi connectivity index (χ1v) is 8.78. The summed E-state index contributed by atoms with van der Waals surface area (Å²) >= 11 is 0. The largest absolute Gasteiger partial charge is 0.401 e. The van der Waals surface area contributed by atoms with Crippen molar-refractivity contribution in [3.8, 4) is 0 Å². The van der Waals surface area contributed by atoms with Gasteiger partial charge in [0.2, 0.25) is 5.91 Å². The zero-order valence-corrected chi connectivity index (χ0v) is 17.8. The van der Waals surface area contributed by atoms with Crippen LogP contribution in [0.1, 0.15) is 32.6 Å². The molecule has 1 heterocycles. The highest BCUT2D eigenvalue weighted by molar-refractivity contribution is 14.0. The number of nitrogens with two attached hydrogens (primary N) is 1. The van der Waals surface area contributed by atoms with Gasteiger partial charge in [-0.25, -0.2) is 0 Å². The Bertz CT molecular complexity index is 448. The van der Waals surface area contributed by atoms with Crippen molar-refractivity contribution in [3.05, 3.63) is 0 Å². The van der Waals surface area contributed by atoms with Crippen molar-refractivity contribution in [3.63, 3.8) is 0 Å². The minimum absolute atomic E-state index is 0. The molecular formula is C16H31F3IN5O. The van der Waals surface area contributed by atoms with Gasteiger partial charge in [-0.2, -0.15) is 13.2 Å². The number of nitrogens with one attached hydrogen (secondary N) is 1. The topological polar surface area (TPSA) is 74.0 Å². The molecule has 0 radical (unpaired) electrons. The first-order valence-electron chi connectivity index (χ1n) is 8.78. The maximum absolute atomic E-state index is 12.3. The van der Waals surface area contributed by atoms with Crippen molar-refractivity contribution in [2.45, 2.75) is 38.8 Å². The number of piperidine rings is 1. The van der Waals surface area contributed by atoms with Crippen LogP contribution in [0.25, 0.3) is 0 Å². The first-order chi connectivity index (χ1) is 11.7. The molecule has 0 aromatic rings. The molecule has 0 aliphatic carbocycles. The number of alkyl halides is 3. The minimum atomic E-state index is -4.17. The third-order valence-electron chi connectivity index (χ3n) is 4.05. The summed E-state index contributed by atoms with van der Waals surface area (Å²) in [6.45, 7) is 4.16. The van der Waals surface area contributed by atoms with E-state index in [-0.39, 0.29) is 35.8 Å². The van der Waals surface area contributed by atoms with Crippen LogP contribution in [0.15, 0.2) is 4.99 Å². The fourth-order valence-corrected chi connectivity index (χ4v) is 3.05. The van der Waals surface area contributed by atoms with E-state index in [1.807, 2.05) is 6.92 Å². The molecule has 1 fully saturated rings. The highest BCUT2D eigenvalue weighted by Crippen LogP contribution is 2.19. The number of likely N-dealkylation sites (tertiary alicyclic amines) is 1. The third kappa shape index (κ3) is 11.0. The number of aliphatic imine (C=N–C) groups is 1. The summed E-state index contributed by atoms with van der Waals surface area (Å²) in [5, 5.41) is 3.22. The highest BCUT2D eigenvalue weighted by atomic mass is 127. The van der Waals surface area contributed by atoms with Gasteiger partial charge >= 0.3 is 6.18 Å². The smallest absolute Gasteiger partial charge is 0.370 e. The predicted octanol–water partition coefficient (Wildman–Crippen LogP) is 2.04. The van der Waals surface area contributed by atoms with Crippen molar-refractivity contribution in [2.75, 3.05) is 46.3 Å². The number of amides is 1. The van der Waals surface area contributed by atoms with Crippen LogP contribution in [0.4, 0.5) is 13.2 Å². The number of carbonyl (C=O) groups is 1. The van der Waals surface area contributed by atoms with E-state index in [9.17, 15) is 18.0 Å². The third-order valence-corrected chi connectivity index (χ3v) is 4.05. The monoisotopic (exact) mass is 493 g/mol. The Labute approximate surface area is 170 Å². The number of nitrogens with zero attached hydrogens (tertiary/aromatic N) is 3. The Morgan fingerprint density at radius 3 is 2.69 bits per heavy atom. The van der Waals surface area contributed by atoms with E-state index in [2.05, 4.69) is 15.2 Å². The summed E-state index contributed by atoms with van der Waals surface area (Å²) in [7, 11) is 1.46. The molecule has 1 rings (SSSR count). The van der Waals surface area contributed by atoms with Crippen molar-refractivity contribution >= 4 is 35.8 Å². The summed E-state index contributed by atoms with van der Waals surface area (Å²) in [4.78, 5) is 19.0. The molecule has 1 amide bonds. The second-order valence-corrected chi connectivity index (χ2v) is 6.57. The van der Waals surface area contributed by atoms with E-state index in [0.717, 1.165) is 31.9 Å². The molecule has 0 aromatic heterocycles. The van der Waals surface area contributed by atoms with Crippen LogP contribution in [0.3, 0.4) is 0 Å². The second-order valence-electron chi connectivity index (χ2n) is 6.57. The molecule has 0 aromatic carbocycles. The molecule has 1 aliphatic rings. The Morgan fingerprint density at radius 2 is 2.12 bits per heavy atom. The van der Waals surface area contributed by atoms with E-state index in [1.165, 1.54) is 11.9 Å². The van der Waals surface area contributed by atoms with Crippen LogP contribution in [0.5, 0.6) is 0 Å². The van der Waals surface area contributed by atoms with Crippen molar-refractivity contribution in [1.82, 2.24) is 15.1 Å². The standard InChI is InChI=1S/C16H30F3N5O.HI/c1-3-21-15(22-7-5-8-23(2)12-16(17,18)19)24-9-4-6-13(11-24)10-14(20)25;/h13H,3-12H2,1-2H3,(H2,20,25)(H,21,22);1H. The number of carbonyl (C=O) groups excluding carboxylic acids is 1. The van der Waals surface area contributed by atoms with E-state index < -0.39 is 12.7 Å². The quantitative estimate of drug-likeness (QED) is 0.235.